The number of likely N-dealkylation sites (tertiary alicyclic amines) is 1. The van der Waals surface area contributed by atoms with Gasteiger partial charge in [0.2, 0.25) is 0 Å². The Hall–Kier alpha value is -2.74. The third-order valence-corrected chi connectivity index (χ3v) is 5.33. The van der Waals surface area contributed by atoms with Crippen LogP contribution in [0.4, 0.5) is 13.2 Å². The van der Waals surface area contributed by atoms with E-state index in [-0.39, 0.29) is 24.4 Å². The highest BCUT2D eigenvalue weighted by Gasteiger charge is 2.35. The van der Waals surface area contributed by atoms with Gasteiger partial charge in [-0.05, 0) is 62.1 Å². The molecule has 1 fully saturated rings. The number of carboxylic acid groups (broad SMARTS) is 1. The van der Waals surface area contributed by atoms with E-state index in [1.807, 2.05) is 26.0 Å². The van der Waals surface area contributed by atoms with Gasteiger partial charge in [0.15, 0.2) is 0 Å². The Morgan fingerprint density at radius 3 is 2.28 bits per heavy atom. The molecule has 2 aromatic carbocycles. The van der Waals surface area contributed by atoms with Crippen LogP contribution in [0.5, 0.6) is 11.5 Å². The van der Waals surface area contributed by atoms with Gasteiger partial charge in [0.05, 0.1) is 17.6 Å². The summed E-state index contributed by atoms with van der Waals surface area (Å²) in [6, 6.07) is 7.92. The summed E-state index contributed by atoms with van der Waals surface area (Å²) in [5.41, 5.74) is 2.39. The second-order valence-corrected chi connectivity index (χ2v) is 8.57. The number of halogens is 3. The van der Waals surface area contributed by atoms with E-state index >= 15 is 0 Å². The Morgan fingerprint density at radius 2 is 1.75 bits per heavy atom. The van der Waals surface area contributed by atoms with Crippen LogP contribution in [0.3, 0.4) is 0 Å². The van der Waals surface area contributed by atoms with Crippen molar-refractivity contribution in [1.82, 2.24) is 4.90 Å². The number of aliphatic carboxylic acids is 1. The summed E-state index contributed by atoms with van der Waals surface area (Å²) in [7, 11) is 0. The number of nitrogens with zero attached hydrogens (tertiary/aromatic N) is 1. The molecule has 1 saturated heterocycles. The third kappa shape index (κ3) is 5.73. The Balaban J connectivity index is 1.69. The molecule has 1 N–H and O–H groups in total. The zero-order valence-electron chi connectivity index (χ0n) is 18.6. The van der Waals surface area contributed by atoms with Gasteiger partial charge in [-0.3, -0.25) is 9.69 Å². The molecule has 0 saturated carbocycles. The van der Waals surface area contributed by atoms with Crippen molar-refractivity contribution in [3.05, 3.63) is 58.1 Å². The maximum atomic E-state index is 13.5. The SMILES string of the molecule is Cc1cc(CN2CC(C(=O)O)C2)cc(C)c1OCc1ccc(OC(C)C)c(C(F)(F)F)c1. The van der Waals surface area contributed by atoms with Gasteiger partial charge in [-0.2, -0.15) is 13.2 Å². The van der Waals surface area contributed by atoms with Crippen molar-refractivity contribution >= 4 is 5.97 Å². The molecule has 1 aliphatic heterocycles. The van der Waals surface area contributed by atoms with Crippen LogP contribution in [-0.2, 0) is 24.1 Å². The molecular weight excluding hydrogens is 423 g/mol. The van der Waals surface area contributed by atoms with Crippen molar-refractivity contribution in [1.29, 1.82) is 0 Å². The Morgan fingerprint density at radius 1 is 1.12 bits per heavy atom. The summed E-state index contributed by atoms with van der Waals surface area (Å²) in [4.78, 5) is 13.0. The second kappa shape index (κ2) is 9.40. The van der Waals surface area contributed by atoms with E-state index in [1.54, 1.807) is 19.9 Å². The number of rotatable bonds is 8. The first-order valence-electron chi connectivity index (χ1n) is 10.5. The molecule has 1 aliphatic rings. The Bertz CT molecular complexity index is 959. The van der Waals surface area contributed by atoms with E-state index in [4.69, 9.17) is 14.6 Å². The van der Waals surface area contributed by atoms with Crippen LogP contribution in [-0.4, -0.2) is 35.2 Å². The molecular formula is C24H28F3NO4. The fourth-order valence-corrected chi connectivity index (χ4v) is 3.87. The molecule has 32 heavy (non-hydrogen) atoms. The molecule has 0 aromatic heterocycles. The second-order valence-electron chi connectivity index (χ2n) is 8.57. The van der Waals surface area contributed by atoms with Crippen molar-refractivity contribution in [3.63, 3.8) is 0 Å². The number of aryl methyl sites for hydroxylation is 2. The minimum Gasteiger partial charge on any atom is -0.490 e. The van der Waals surface area contributed by atoms with Crippen LogP contribution in [0.1, 0.15) is 41.7 Å². The highest BCUT2D eigenvalue weighted by molar-refractivity contribution is 5.71. The van der Waals surface area contributed by atoms with Crippen molar-refractivity contribution in [3.8, 4) is 11.5 Å². The van der Waals surface area contributed by atoms with Gasteiger partial charge < -0.3 is 14.6 Å². The zero-order valence-corrected chi connectivity index (χ0v) is 18.6. The first-order valence-corrected chi connectivity index (χ1v) is 10.5. The predicted octanol–water partition coefficient (Wildman–Crippen LogP) is 5.20. The molecule has 174 valence electrons. The number of benzene rings is 2. The third-order valence-electron chi connectivity index (χ3n) is 5.33. The average molecular weight is 451 g/mol. The lowest BCUT2D eigenvalue weighted by molar-refractivity contribution is -0.147. The van der Waals surface area contributed by atoms with E-state index in [2.05, 4.69) is 4.90 Å². The summed E-state index contributed by atoms with van der Waals surface area (Å²) >= 11 is 0. The molecule has 0 unspecified atom stereocenters. The number of hydrogen-bond acceptors (Lipinski definition) is 4. The van der Waals surface area contributed by atoms with Crippen LogP contribution in [0.2, 0.25) is 0 Å². The van der Waals surface area contributed by atoms with Gasteiger partial charge >= 0.3 is 12.1 Å². The van der Waals surface area contributed by atoms with Crippen LogP contribution in [0, 0.1) is 19.8 Å². The molecule has 3 rings (SSSR count). The van der Waals surface area contributed by atoms with Crippen LogP contribution in [0.25, 0.3) is 0 Å². The quantitative estimate of drug-likeness (QED) is 0.598. The summed E-state index contributed by atoms with van der Waals surface area (Å²) in [6.45, 7) is 8.85. The van der Waals surface area contributed by atoms with Crippen LogP contribution in [0.15, 0.2) is 30.3 Å². The molecule has 2 aromatic rings. The summed E-state index contributed by atoms with van der Waals surface area (Å²) in [5.74, 6) is -0.630. The van der Waals surface area contributed by atoms with E-state index in [1.165, 1.54) is 6.07 Å². The first-order chi connectivity index (χ1) is 14.9. The monoisotopic (exact) mass is 451 g/mol. The fourth-order valence-electron chi connectivity index (χ4n) is 3.87. The number of ether oxygens (including phenoxy) is 2. The van der Waals surface area contributed by atoms with E-state index in [0.29, 0.717) is 30.9 Å². The maximum absolute atomic E-state index is 13.5. The molecule has 0 amide bonds. The molecule has 0 aliphatic carbocycles. The molecule has 1 heterocycles. The Labute approximate surface area is 185 Å². The first kappa shape index (κ1) is 23.9. The molecule has 0 spiro atoms. The van der Waals surface area contributed by atoms with E-state index < -0.39 is 17.7 Å². The van der Waals surface area contributed by atoms with Crippen molar-refractivity contribution < 1.29 is 32.5 Å². The smallest absolute Gasteiger partial charge is 0.419 e. The summed E-state index contributed by atoms with van der Waals surface area (Å²) < 4.78 is 51.6. The molecule has 0 radical (unpaired) electrons. The van der Waals surface area contributed by atoms with Crippen molar-refractivity contribution in [2.75, 3.05) is 13.1 Å². The van der Waals surface area contributed by atoms with Gasteiger partial charge in [-0.1, -0.05) is 18.2 Å². The van der Waals surface area contributed by atoms with E-state index in [0.717, 1.165) is 22.8 Å². The highest BCUT2D eigenvalue weighted by atomic mass is 19.4. The fraction of sp³-hybridized carbons (Fsp3) is 0.458. The summed E-state index contributed by atoms with van der Waals surface area (Å²) in [5, 5.41) is 9.00. The van der Waals surface area contributed by atoms with E-state index in [9.17, 15) is 18.0 Å². The van der Waals surface area contributed by atoms with Crippen molar-refractivity contribution in [2.45, 2.75) is 53.1 Å². The van der Waals surface area contributed by atoms with Gasteiger partial charge in [0.1, 0.15) is 18.1 Å². The molecule has 5 nitrogen and oxygen atoms in total. The zero-order chi connectivity index (χ0) is 23.6. The van der Waals surface area contributed by atoms with Gasteiger partial charge in [0.25, 0.3) is 0 Å². The van der Waals surface area contributed by atoms with Gasteiger partial charge in [-0.15, -0.1) is 0 Å². The minimum absolute atomic E-state index is 0.00151. The minimum atomic E-state index is -4.52. The van der Waals surface area contributed by atoms with Crippen molar-refractivity contribution in [2.24, 2.45) is 5.92 Å². The van der Waals surface area contributed by atoms with Crippen LogP contribution < -0.4 is 9.47 Å². The topological polar surface area (TPSA) is 59.0 Å². The highest BCUT2D eigenvalue weighted by Crippen LogP contribution is 2.37. The summed E-state index contributed by atoms with van der Waals surface area (Å²) in [6.07, 6.45) is -4.89. The lowest BCUT2D eigenvalue weighted by Crippen LogP contribution is -2.49. The molecule has 8 heteroatoms. The lowest BCUT2D eigenvalue weighted by Gasteiger charge is -2.36. The lowest BCUT2D eigenvalue weighted by atomic mass is 9.98. The normalized spacial score (nSPS) is 15.0. The number of hydrogen-bond donors (Lipinski definition) is 1. The number of carboxylic acids is 1. The number of alkyl halides is 3. The number of carbonyl (C=O) groups is 1. The molecule has 0 atom stereocenters. The Kier molecular flexibility index (Phi) is 7.03. The predicted molar refractivity (Wildman–Crippen MR) is 114 cm³/mol. The molecule has 0 bridgehead atoms. The largest absolute Gasteiger partial charge is 0.490 e. The van der Waals surface area contributed by atoms with Gasteiger partial charge in [0, 0.05) is 19.6 Å². The standard InChI is InChI=1S/C24H28F3NO4/c1-14(2)32-21-6-5-17(9-20(21)24(25,26)27)13-31-22-15(3)7-18(8-16(22)4)10-28-11-19(12-28)23(29)30/h5-9,14,19H,10-13H2,1-4H3,(H,29,30). The van der Waals surface area contributed by atoms with Crippen LogP contribution >= 0.6 is 0 Å². The maximum Gasteiger partial charge on any atom is 0.419 e. The average Bonchev–Trinajstić information content (AvgIpc) is 2.63. The van der Waals surface area contributed by atoms with Gasteiger partial charge in [-0.25, -0.2) is 0 Å².